The minimum Gasteiger partial charge on any atom is -0.253 e. The second-order valence-electron chi connectivity index (χ2n) is 4.20. The van der Waals surface area contributed by atoms with E-state index in [0.29, 0.717) is 0 Å². The molecule has 0 unspecified atom stereocenters. The van der Waals surface area contributed by atoms with Crippen LogP contribution in [0.3, 0.4) is 0 Å². The molecule has 0 radical (unpaired) electrons. The summed E-state index contributed by atoms with van der Waals surface area (Å²) in [5.41, 5.74) is 3.40. The van der Waals surface area contributed by atoms with Crippen LogP contribution in [0.4, 0.5) is 0 Å². The van der Waals surface area contributed by atoms with Crippen LogP contribution in [0.25, 0.3) is 0 Å². The molecule has 0 aromatic heterocycles. The van der Waals surface area contributed by atoms with E-state index in [0.717, 1.165) is 17.9 Å². The second-order valence-corrected chi connectivity index (χ2v) is 4.20. The molecule has 1 fully saturated rings. The lowest BCUT2D eigenvalue weighted by atomic mass is 9.74. The summed E-state index contributed by atoms with van der Waals surface area (Å²) in [5, 5.41) is 2.06. The largest absolute Gasteiger partial charge is 0.253 e. The molecule has 0 aromatic rings. The van der Waals surface area contributed by atoms with Gasteiger partial charge in [0.25, 0.3) is 0 Å². The van der Waals surface area contributed by atoms with E-state index >= 15 is 0 Å². The number of nitrogens with one attached hydrogen (secondary N) is 1. The highest BCUT2D eigenvalue weighted by molar-refractivity contribution is 4.85. The van der Waals surface area contributed by atoms with Gasteiger partial charge in [-0.1, -0.05) is 13.8 Å². The Morgan fingerprint density at radius 3 is 2.18 bits per heavy atom. The quantitative estimate of drug-likeness (QED) is 0.623. The zero-order valence-corrected chi connectivity index (χ0v) is 8.09. The lowest BCUT2D eigenvalue weighted by Crippen LogP contribution is -2.48. The highest BCUT2D eigenvalue weighted by atomic mass is 15.5. The maximum Gasteiger partial charge on any atom is 0.0220 e. The molecule has 0 spiro atoms. The maximum atomic E-state index is 3.40. The van der Waals surface area contributed by atoms with Gasteiger partial charge in [-0.05, 0) is 24.7 Å². The van der Waals surface area contributed by atoms with Crippen LogP contribution in [0.1, 0.15) is 26.7 Å². The highest BCUT2D eigenvalue weighted by Gasteiger charge is 2.30. The Morgan fingerprint density at radius 2 is 1.82 bits per heavy atom. The molecule has 0 aromatic carbocycles. The average Bonchev–Trinajstić information content (AvgIpc) is 1.75. The van der Waals surface area contributed by atoms with Gasteiger partial charge < -0.3 is 0 Å². The molecule has 1 rings (SSSR count). The fraction of sp³-hybridized carbons (Fsp3) is 1.00. The van der Waals surface area contributed by atoms with Crippen LogP contribution in [0.2, 0.25) is 0 Å². The lowest BCUT2D eigenvalue weighted by Gasteiger charge is -2.39. The fourth-order valence-corrected chi connectivity index (χ4v) is 1.68. The van der Waals surface area contributed by atoms with Crippen molar-refractivity contribution in [2.45, 2.75) is 32.7 Å². The van der Waals surface area contributed by atoms with E-state index in [1.165, 1.54) is 12.8 Å². The van der Waals surface area contributed by atoms with E-state index in [1.807, 2.05) is 0 Å². The Balaban J connectivity index is 2.09. The third-order valence-electron chi connectivity index (χ3n) is 2.56. The summed E-state index contributed by atoms with van der Waals surface area (Å²) >= 11 is 0. The van der Waals surface area contributed by atoms with E-state index in [2.05, 4.69) is 38.4 Å². The van der Waals surface area contributed by atoms with Crippen LogP contribution in [0, 0.1) is 11.8 Å². The molecular weight excluding hydrogens is 136 g/mol. The van der Waals surface area contributed by atoms with Gasteiger partial charge in [0.15, 0.2) is 0 Å². The maximum absolute atomic E-state index is 3.40. The number of hydrogen-bond acceptors (Lipinski definition) is 2. The van der Waals surface area contributed by atoms with Crippen molar-refractivity contribution >= 4 is 0 Å². The first-order chi connectivity index (χ1) is 5.09. The topological polar surface area (TPSA) is 15.3 Å². The van der Waals surface area contributed by atoms with E-state index < -0.39 is 0 Å². The van der Waals surface area contributed by atoms with Crippen molar-refractivity contribution in [1.82, 2.24) is 10.4 Å². The molecule has 0 atom stereocenters. The molecule has 0 amide bonds. The monoisotopic (exact) mass is 156 g/mol. The molecule has 11 heavy (non-hydrogen) atoms. The molecule has 1 saturated carbocycles. The summed E-state index contributed by atoms with van der Waals surface area (Å²) < 4.78 is 0. The van der Waals surface area contributed by atoms with Gasteiger partial charge in [-0.3, -0.25) is 10.4 Å². The van der Waals surface area contributed by atoms with Gasteiger partial charge in [-0.2, -0.15) is 0 Å². The van der Waals surface area contributed by atoms with Gasteiger partial charge in [0.05, 0.1) is 0 Å². The average molecular weight is 156 g/mol. The minimum atomic E-state index is 0.748. The van der Waals surface area contributed by atoms with E-state index in [1.54, 1.807) is 0 Å². The van der Waals surface area contributed by atoms with Gasteiger partial charge in [0, 0.05) is 20.1 Å². The van der Waals surface area contributed by atoms with Crippen molar-refractivity contribution in [3.05, 3.63) is 0 Å². The number of nitrogens with zero attached hydrogens (tertiary/aromatic N) is 1. The van der Waals surface area contributed by atoms with Crippen molar-refractivity contribution in [1.29, 1.82) is 0 Å². The third-order valence-corrected chi connectivity index (χ3v) is 2.56. The Morgan fingerprint density at radius 1 is 1.27 bits per heavy atom. The zero-order valence-electron chi connectivity index (χ0n) is 8.09. The lowest BCUT2D eigenvalue weighted by molar-refractivity contribution is 0.105. The molecule has 1 N–H and O–H groups in total. The molecule has 0 aliphatic heterocycles. The first-order valence-electron chi connectivity index (χ1n) is 4.53. The molecule has 2 nitrogen and oxygen atoms in total. The summed E-state index contributed by atoms with van der Waals surface area (Å²) in [4.78, 5) is 0. The van der Waals surface area contributed by atoms with Crippen molar-refractivity contribution in [3.63, 3.8) is 0 Å². The van der Waals surface area contributed by atoms with Crippen LogP contribution in [0.5, 0.6) is 0 Å². The Bertz CT molecular complexity index is 115. The summed E-state index contributed by atoms with van der Waals surface area (Å²) in [5.74, 6) is 1.84. The third kappa shape index (κ3) is 2.46. The summed E-state index contributed by atoms with van der Waals surface area (Å²) in [6, 6.07) is 0.748. The van der Waals surface area contributed by atoms with Gasteiger partial charge in [-0.15, -0.1) is 0 Å². The molecule has 0 bridgehead atoms. The van der Waals surface area contributed by atoms with E-state index in [9.17, 15) is 0 Å². The number of hydrazine groups is 1. The first kappa shape index (κ1) is 9.01. The highest BCUT2D eigenvalue weighted by Crippen LogP contribution is 2.33. The Kier molecular flexibility index (Phi) is 2.90. The smallest absolute Gasteiger partial charge is 0.0220 e. The molecule has 0 saturated heterocycles. The van der Waals surface area contributed by atoms with Crippen LogP contribution in [-0.2, 0) is 0 Å². The van der Waals surface area contributed by atoms with Crippen molar-refractivity contribution < 1.29 is 0 Å². The van der Waals surface area contributed by atoms with Crippen molar-refractivity contribution in [2.24, 2.45) is 11.8 Å². The van der Waals surface area contributed by atoms with Crippen LogP contribution < -0.4 is 5.43 Å². The second kappa shape index (κ2) is 3.55. The van der Waals surface area contributed by atoms with Crippen molar-refractivity contribution in [3.8, 4) is 0 Å². The summed E-state index contributed by atoms with van der Waals surface area (Å²) in [7, 11) is 4.12. The van der Waals surface area contributed by atoms with Crippen molar-refractivity contribution in [2.75, 3.05) is 14.1 Å². The normalized spacial score (nSPS) is 31.1. The number of hydrogen-bond donors (Lipinski definition) is 1. The van der Waals surface area contributed by atoms with Gasteiger partial charge in [0.1, 0.15) is 0 Å². The van der Waals surface area contributed by atoms with E-state index in [4.69, 9.17) is 0 Å². The van der Waals surface area contributed by atoms with Crippen LogP contribution in [0.15, 0.2) is 0 Å². The Hall–Kier alpha value is -0.0800. The molecule has 0 heterocycles. The number of rotatable bonds is 3. The predicted molar refractivity (Wildman–Crippen MR) is 48.2 cm³/mol. The van der Waals surface area contributed by atoms with E-state index in [-0.39, 0.29) is 0 Å². The van der Waals surface area contributed by atoms with Gasteiger partial charge >= 0.3 is 0 Å². The molecule has 1 aliphatic rings. The molecule has 2 heteroatoms. The standard InChI is InChI=1S/C9H20N2/c1-7(2)8-5-9(6-8)10-11(3)4/h7-10H,5-6H2,1-4H3. The van der Waals surface area contributed by atoms with Gasteiger partial charge in [0.2, 0.25) is 0 Å². The van der Waals surface area contributed by atoms with Crippen LogP contribution in [-0.4, -0.2) is 25.1 Å². The first-order valence-corrected chi connectivity index (χ1v) is 4.53. The molecular formula is C9H20N2. The summed E-state index contributed by atoms with van der Waals surface area (Å²) in [6.07, 6.45) is 2.71. The van der Waals surface area contributed by atoms with Crippen LogP contribution >= 0.6 is 0 Å². The molecule has 66 valence electrons. The fourth-order valence-electron chi connectivity index (χ4n) is 1.68. The Labute approximate surface area is 69.9 Å². The molecule has 1 aliphatic carbocycles. The zero-order chi connectivity index (χ0) is 8.43. The predicted octanol–water partition coefficient (Wildman–Crippen LogP) is 1.49. The summed E-state index contributed by atoms with van der Waals surface area (Å²) in [6.45, 7) is 4.63. The SMILES string of the molecule is CC(C)C1CC(NN(C)C)C1. The minimum absolute atomic E-state index is 0.748. The van der Waals surface area contributed by atoms with Gasteiger partial charge in [-0.25, -0.2) is 0 Å².